The molecule has 2 N–H and O–H groups in total. The smallest absolute Gasteiger partial charge is 0.305 e. The number of carbonyl (C=O) groups excluding carboxylic acids is 1. The van der Waals surface area contributed by atoms with E-state index in [4.69, 9.17) is 17.0 Å². The number of nitrogens with zero attached hydrogens (tertiary/aromatic N) is 1. The second-order valence-electron chi connectivity index (χ2n) is 6.01. The summed E-state index contributed by atoms with van der Waals surface area (Å²) in [7, 11) is 1.44. The topological polar surface area (TPSA) is 87.1 Å². The SMILES string of the molecule is COc1cc(C=C2SC(=S)N(C(CC(=O)O)c3ccccc3)C2=O)ccc1O. The normalized spacial score (nSPS) is 16.5. The van der Waals surface area contributed by atoms with Crippen LogP contribution in [0.3, 0.4) is 0 Å². The predicted octanol–water partition coefficient (Wildman–Crippen LogP) is 3.82. The van der Waals surface area contributed by atoms with Crippen LogP contribution in [-0.4, -0.2) is 38.4 Å². The van der Waals surface area contributed by atoms with Gasteiger partial charge in [-0.1, -0.05) is 60.4 Å². The Morgan fingerprint density at radius 3 is 2.64 bits per heavy atom. The number of thiocarbonyl (C=S) groups is 1. The molecule has 144 valence electrons. The Bertz CT molecular complexity index is 958. The summed E-state index contributed by atoms with van der Waals surface area (Å²) < 4.78 is 5.39. The molecule has 2 aromatic carbocycles. The highest BCUT2D eigenvalue weighted by molar-refractivity contribution is 8.26. The summed E-state index contributed by atoms with van der Waals surface area (Å²) in [6.45, 7) is 0. The summed E-state index contributed by atoms with van der Waals surface area (Å²) in [6, 6.07) is 13.0. The number of methoxy groups -OCH3 is 1. The van der Waals surface area contributed by atoms with Gasteiger partial charge in [-0.2, -0.15) is 0 Å². The molecule has 0 aromatic heterocycles. The van der Waals surface area contributed by atoms with Gasteiger partial charge < -0.3 is 14.9 Å². The van der Waals surface area contributed by atoms with Gasteiger partial charge in [-0.15, -0.1) is 0 Å². The minimum absolute atomic E-state index is 0.00204. The van der Waals surface area contributed by atoms with E-state index < -0.39 is 12.0 Å². The van der Waals surface area contributed by atoms with Gasteiger partial charge >= 0.3 is 5.97 Å². The average Bonchev–Trinajstić information content (AvgIpc) is 2.95. The maximum Gasteiger partial charge on any atom is 0.305 e. The molecule has 1 saturated heterocycles. The number of ether oxygens (including phenoxy) is 1. The van der Waals surface area contributed by atoms with E-state index in [-0.39, 0.29) is 23.8 Å². The molecule has 1 fully saturated rings. The lowest BCUT2D eigenvalue weighted by Crippen LogP contribution is -2.34. The number of aromatic hydroxyl groups is 1. The summed E-state index contributed by atoms with van der Waals surface area (Å²) >= 11 is 6.50. The highest BCUT2D eigenvalue weighted by Crippen LogP contribution is 2.40. The van der Waals surface area contributed by atoms with Gasteiger partial charge in [-0.3, -0.25) is 14.5 Å². The molecular weight excluding hydrogens is 398 g/mol. The first-order chi connectivity index (χ1) is 13.4. The molecule has 8 heteroatoms. The molecule has 1 amide bonds. The van der Waals surface area contributed by atoms with Gasteiger partial charge in [0.2, 0.25) is 0 Å². The number of carboxylic acids is 1. The quantitative estimate of drug-likeness (QED) is 0.548. The van der Waals surface area contributed by atoms with E-state index in [1.165, 1.54) is 18.1 Å². The molecule has 1 aliphatic rings. The number of benzene rings is 2. The van der Waals surface area contributed by atoms with Crippen LogP contribution in [-0.2, 0) is 9.59 Å². The van der Waals surface area contributed by atoms with E-state index >= 15 is 0 Å². The van der Waals surface area contributed by atoms with E-state index in [0.717, 1.165) is 11.8 Å². The maximum atomic E-state index is 13.0. The number of carbonyl (C=O) groups is 2. The fourth-order valence-corrected chi connectivity index (χ4v) is 4.24. The van der Waals surface area contributed by atoms with Crippen molar-refractivity contribution < 1.29 is 24.5 Å². The lowest BCUT2D eigenvalue weighted by atomic mass is 10.0. The lowest BCUT2D eigenvalue weighted by molar-refractivity contribution is -0.138. The highest BCUT2D eigenvalue weighted by atomic mass is 32.2. The first-order valence-electron chi connectivity index (χ1n) is 8.31. The van der Waals surface area contributed by atoms with Crippen LogP contribution in [0.5, 0.6) is 11.5 Å². The van der Waals surface area contributed by atoms with Crippen molar-refractivity contribution in [2.24, 2.45) is 0 Å². The molecule has 28 heavy (non-hydrogen) atoms. The van der Waals surface area contributed by atoms with Crippen LogP contribution in [0.15, 0.2) is 53.4 Å². The van der Waals surface area contributed by atoms with Crippen molar-refractivity contribution in [3.05, 3.63) is 64.6 Å². The van der Waals surface area contributed by atoms with Crippen molar-refractivity contribution in [2.45, 2.75) is 12.5 Å². The van der Waals surface area contributed by atoms with Gasteiger partial charge in [-0.05, 0) is 29.3 Å². The molecule has 2 aromatic rings. The third-order valence-electron chi connectivity index (χ3n) is 4.19. The second-order valence-corrected chi connectivity index (χ2v) is 7.68. The number of thioether (sulfide) groups is 1. The van der Waals surface area contributed by atoms with Gasteiger partial charge in [-0.25, -0.2) is 0 Å². The van der Waals surface area contributed by atoms with Crippen LogP contribution < -0.4 is 4.74 Å². The van der Waals surface area contributed by atoms with Gasteiger partial charge in [0.25, 0.3) is 5.91 Å². The summed E-state index contributed by atoms with van der Waals surface area (Å²) in [5, 5.41) is 19.0. The fourth-order valence-electron chi connectivity index (χ4n) is 2.88. The zero-order chi connectivity index (χ0) is 20.3. The minimum atomic E-state index is -1.02. The zero-order valence-corrected chi connectivity index (χ0v) is 16.5. The Morgan fingerprint density at radius 2 is 2.00 bits per heavy atom. The molecule has 0 radical (unpaired) electrons. The van der Waals surface area contributed by atoms with Crippen LogP contribution >= 0.6 is 24.0 Å². The molecule has 0 saturated carbocycles. The Labute approximate surface area is 171 Å². The summed E-state index contributed by atoms with van der Waals surface area (Å²) in [5.41, 5.74) is 1.36. The average molecular weight is 415 g/mol. The first kappa shape index (κ1) is 19.9. The third-order valence-corrected chi connectivity index (χ3v) is 5.52. The van der Waals surface area contributed by atoms with E-state index in [1.54, 1.807) is 42.5 Å². The highest BCUT2D eigenvalue weighted by Gasteiger charge is 2.38. The van der Waals surface area contributed by atoms with Crippen LogP contribution in [0.1, 0.15) is 23.6 Å². The van der Waals surface area contributed by atoms with Crippen LogP contribution in [0.4, 0.5) is 0 Å². The van der Waals surface area contributed by atoms with Crippen molar-refractivity contribution >= 4 is 46.3 Å². The Hall–Kier alpha value is -2.84. The number of hydrogen-bond donors (Lipinski definition) is 2. The molecular formula is C20H17NO5S2. The predicted molar refractivity (Wildman–Crippen MR) is 111 cm³/mol. The summed E-state index contributed by atoms with van der Waals surface area (Å²) in [5.74, 6) is -1.08. The van der Waals surface area contributed by atoms with Crippen LogP contribution in [0, 0.1) is 0 Å². The second kappa shape index (κ2) is 8.45. The molecule has 3 rings (SSSR count). The number of carboxylic acid groups (broad SMARTS) is 1. The Morgan fingerprint density at radius 1 is 1.29 bits per heavy atom. The Kier molecular flexibility index (Phi) is 6.01. The summed E-state index contributed by atoms with van der Waals surface area (Å²) in [6.07, 6.45) is 1.39. The van der Waals surface area contributed by atoms with Crippen molar-refractivity contribution in [3.8, 4) is 11.5 Å². The molecule has 1 atom stereocenters. The number of hydrogen-bond acceptors (Lipinski definition) is 6. The van der Waals surface area contributed by atoms with Crippen molar-refractivity contribution in [1.29, 1.82) is 0 Å². The van der Waals surface area contributed by atoms with Crippen LogP contribution in [0.25, 0.3) is 6.08 Å². The van der Waals surface area contributed by atoms with Crippen molar-refractivity contribution in [2.75, 3.05) is 7.11 Å². The van der Waals surface area contributed by atoms with E-state index in [0.29, 0.717) is 20.4 Å². The molecule has 6 nitrogen and oxygen atoms in total. The molecule has 1 aliphatic heterocycles. The number of phenols is 1. The molecule has 0 bridgehead atoms. The zero-order valence-electron chi connectivity index (χ0n) is 14.9. The fraction of sp³-hybridized carbons (Fsp3) is 0.150. The molecule has 1 heterocycles. The Balaban J connectivity index is 1.94. The molecule has 0 aliphatic carbocycles. The standard InChI is InChI=1S/C20H17NO5S2/c1-26-16-9-12(7-8-15(16)22)10-17-19(25)21(20(27)28-17)14(11-18(23)24)13-5-3-2-4-6-13/h2-10,14,22H,11H2,1H3,(H,23,24). The van der Waals surface area contributed by atoms with E-state index in [2.05, 4.69) is 0 Å². The van der Waals surface area contributed by atoms with Gasteiger partial charge in [0.15, 0.2) is 11.5 Å². The number of rotatable bonds is 6. The number of phenolic OH excluding ortho intramolecular Hbond substituents is 1. The molecule has 1 unspecified atom stereocenters. The van der Waals surface area contributed by atoms with Gasteiger partial charge in [0.1, 0.15) is 4.32 Å². The van der Waals surface area contributed by atoms with Crippen molar-refractivity contribution in [3.63, 3.8) is 0 Å². The van der Waals surface area contributed by atoms with E-state index in [9.17, 15) is 19.8 Å². The van der Waals surface area contributed by atoms with Crippen LogP contribution in [0.2, 0.25) is 0 Å². The number of aliphatic carboxylic acids is 1. The maximum absolute atomic E-state index is 13.0. The molecule has 0 spiro atoms. The summed E-state index contributed by atoms with van der Waals surface area (Å²) in [4.78, 5) is 26.1. The van der Waals surface area contributed by atoms with Crippen molar-refractivity contribution in [1.82, 2.24) is 4.90 Å². The van der Waals surface area contributed by atoms with Gasteiger partial charge in [0, 0.05) is 0 Å². The third kappa shape index (κ3) is 4.18. The number of amides is 1. The largest absolute Gasteiger partial charge is 0.504 e. The van der Waals surface area contributed by atoms with E-state index in [1.807, 2.05) is 6.07 Å². The minimum Gasteiger partial charge on any atom is -0.504 e. The first-order valence-corrected chi connectivity index (χ1v) is 9.54. The lowest BCUT2D eigenvalue weighted by Gasteiger charge is -2.26. The van der Waals surface area contributed by atoms with Gasteiger partial charge in [0.05, 0.1) is 24.5 Å². The monoisotopic (exact) mass is 415 g/mol.